The van der Waals surface area contributed by atoms with Crippen molar-refractivity contribution in [2.45, 2.75) is 20.0 Å². The Bertz CT molecular complexity index is 613. The lowest BCUT2D eigenvalue weighted by molar-refractivity contribution is -0.122. The molecule has 0 radical (unpaired) electrons. The standard InChI is InChI=1S/C16H16BrNO2/c1-11-5-3-7-14(9-11)18-16(19)12(2)20-15-8-4-6-13(17)10-15/h3-10,12H,1-2H3,(H,18,19). The van der Waals surface area contributed by atoms with E-state index in [4.69, 9.17) is 4.74 Å². The first-order chi connectivity index (χ1) is 9.54. The molecular weight excluding hydrogens is 318 g/mol. The van der Waals surface area contributed by atoms with Crippen LogP contribution < -0.4 is 10.1 Å². The molecule has 0 saturated heterocycles. The average molecular weight is 334 g/mol. The van der Waals surface area contributed by atoms with Gasteiger partial charge in [-0.25, -0.2) is 0 Å². The Morgan fingerprint density at radius 3 is 2.65 bits per heavy atom. The predicted molar refractivity (Wildman–Crippen MR) is 84.0 cm³/mol. The van der Waals surface area contributed by atoms with Crippen molar-refractivity contribution in [1.29, 1.82) is 0 Å². The third-order valence-corrected chi connectivity index (χ3v) is 3.26. The van der Waals surface area contributed by atoms with Gasteiger partial charge in [-0.2, -0.15) is 0 Å². The van der Waals surface area contributed by atoms with Crippen molar-refractivity contribution in [2.75, 3.05) is 5.32 Å². The molecule has 20 heavy (non-hydrogen) atoms. The van der Waals surface area contributed by atoms with E-state index in [0.29, 0.717) is 5.75 Å². The van der Waals surface area contributed by atoms with E-state index >= 15 is 0 Å². The third-order valence-electron chi connectivity index (χ3n) is 2.76. The molecule has 2 aromatic carbocycles. The molecule has 1 atom stereocenters. The Labute approximate surface area is 127 Å². The Balaban J connectivity index is 1.98. The highest BCUT2D eigenvalue weighted by atomic mass is 79.9. The molecule has 0 heterocycles. The van der Waals surface area contributed by atoms with Crippen LogP contribution in [0.4, 0.5) is 5.69 Å². The number of rotatable bonds is 4. The summed E-state index contributed by atoms with van der Waals surface area (Å²) >= 11 is 3.37. The smallest absolute Gasteiger partial charge is 0.265 e. The van der Waals surface area contributed by atoms with Gasteiger partial charge >= 0.3 is 0 Å². The Morgan fingerprint density at radius 1 is 1.20 bits per heavy atom. The summed E-state index contributed by atoms with van der Waals surface area (Å²) in [5.41, 5.74) is 1.88. The summed E-state index contributed by atoms with van der Waals surface area (Å²) in [6.45, 7) is 3.71. The number of carbonyl (C=O) groups is 1. The van der Waals surface area contributed by atoms with E-state index in [-0.39, 0.29) is 5.91 Å². The first kappa shape index (κ1) is 14.6. The van der Waals surface area contributed by atoms with E-state index in [9.17, 15) is 4.79 Å². The summed E-state index contributed by atoms with van der Waals surface area (Å²) in [6, 6.07) is 15.1. The molecule has 4 heteroatoms. The molecule has 0 spiro atoms. The van der Waals surface area contributed by atoms with Gasteiger partial charge in [-0.1, -0.05) is 34.1 Å². The van der Waals surface area contributed by atoms with Gasteiger partial charge in [0.05, 0.1) is 0 Å². The SMILES string of the molecule is Cc1cccc(NC(=O)C(C)Oc2cccc(Br)c2)c1. The molecule has 0 aliphatic carbocycles. The van der Waals surface area contributed by atoms with E-state index in [1.807, 2.05) is 55.5 Å². The second-order valence-corrected chi connectivity index (χ2v) is 5.49. The Hall–Kier alpha value is -1.81. The maximum absolute atomic E-state index is 12.1. The zero-order valence-electron chi connectivity index (χ0n) is 11.4. The fourth-order valence-electron chi connectivity index (χ4n) is 1.76. The lowest BCUT2D eigenvalue weighted by Gasteiger charge is -2.15. The van der Waals surface area contributed by atoms with E-state index in [2.05, 4.69) is 21.2 Å². The minimum Gasteiger partial charge on any atom is -0.481 e. The monoisotopic (exact) mass is 333 g/mol. The van der Waals surface area contributed by atoms with Gasteiger partial charge in [0.1, 0.15) is 5.75 Å². The molecule has 1 amide bonds. The van der Waals surface area contributed by atoms with Crippen LogP contribution in [0.1, 0.15) is 12.5 Å². The van der Waals surface area contributed by atoms with Crippen LogP contribution in [0.2, 0.25) is 0 Å². The topological polar surface area (TPSA) is 38.3 Å². The minimum atomic E-state index is -0.565. The largest absolute Gasteiger partial charge is 0.481 e. The molecule has 1 N–H and O–H groups in total. The van der Waals surface area contributed by atoms with E-state index < -0.39 is 6.10 Å². The van der Waals surface area contributed by atoms with Crippen LogP contribution in [-0.4, -0.2) is 12.0 Å². The molecule has 0 fully saturated rings. The first-order valence-corrected chi connectivity index (χ1v) is 7.13. The summed E-state index contributed by atoms with van der Waals surface area (Å²) < 4.78 is 6.54. The van der Waals surface area contributed by atoms with Gasteiger partial charge in [0.25, 0.3) is 5.91 Å². The number of nitrogens with one attached hydrogen (secondary N) is 1. The van der Waals surface area contributed by atoms with Crippen LogP contribution in [0.15, 0.2) is 53.0 Å². The molecule has 0 saturated carbocycles. The Morgan fingerprint density at radius 2 is 1.95 bits per heavy atom. The summed E-state index contributed by atoms with van der Waals surface area (Å²) in [7, 11) is 0. The first-order valence-electron chi connectivity index (χ1n) is 6.34. The molecule has 0 aromatic heterocycles. The van der Waals surface area contributed by atoms with E-state index in [1.165, 1.54) is 0 Å². The van der Waals surface area contributed by atoms with Crippen molar-refractivity contribution < 1.29 is 9.53 Å². The van der Waals surface area contributed by atoms with Crippen molar-refractivity contribution in [3.8, 4) is 5.75 Å². The number of benzene rings is 2. The zero-order chi connectivity index (χ0) is 14.5. The van der Waals surface area contributed by atoms with Crippen molar-refractivity contribution in [1.82, 2.24) is 0 Å². The number of aryl methyl sites for hydroxylation is 1. The number of ether oxygens (including phenoxy) is 1. The van der Waals surface area contributed by atoms with Crippen molar-refractivity contribution in [3.63, 3.8) is 0 Å². The summed E-state index contributed by atoms with van der Waals surface area (Å²) in [5, 5.41) is 2.84. The zero-order valence-corrected chi connectivity index (χ0v) is 13.0. The van der Waals surface area contributed by atoms with Crippen LogP contribution in [0, 0.1) is 6.92 Å². The van der Waals surface area contributed by atoms with Crippen molar-refractivity contribution in [3.05, 3.63) is 58.6 Å². The summed E-state index contributed by atoms with van der Waals surface area (Å²) in [6.07, 6.45) is -0.565. The highest BCUT2D eigenvalue weighted by Crippen LogP contribution is 2.19. The molecule has 3 nitrogen and oxygen atoms in total. The lowest BCUT2D eigenvalue weighted by atomic mass is 10.2. The molecule has 2 aromatic rings. The number of amides is 1. The second-order valence-electron chi connectivity index (χ2n) is 4.58. The maximum atomic E-state index is 12.1. The summed E-state index contributed by atoms with van der Waals surface area (Å²) in [4.78, 5) is 12.1. The fourth-order valence-corrected chi connectivity index (χ4v) is 2.14. The predicted octanol–water partition coefficient (Wildman–Crippen LogP) is 4.16. The quantitative estimate of drug-likeness (QED) is 0.912. The van der Waals surface area contributed by atoms with Gasteiger partial charge in [-0.15, -0.1) is 0 Å². The van der Waals surface area contributed by atoms with Gasteiger partial charge < -0.3 is 10.1 Å². The van der Waals surface area contributed by atoms with Gasteiger partial charge in [0.2, 0.25) is 0 Å². The van der Waals surface area contributed by atoms with E-state index in [0.717, 1.165) is 15.7 Å². The molecule has 2 rings (SSSR count). The lowest BCUT2D eigenvalue weighted by Crippen LogP contribution is -2.30. The molecule has 104 valence electrons. The molecular formula is C16H16BrNO2. The number of hydrogen-bond donors (Lipinski definition) is 1. The molecule has 0 aliphatic rings. The van der Waals surface area contributed by atoms with Gasteiger partial charge in [-0.3, -0.25) is 4.79 Å². The Kier molecular flexibility index (Phi) is 4.79. The number of halogens is 1. The van der Waals surface area contributed by atoms with Crippen LogP contribution in [0.5, 0.6) is 5.75 Å². The second kappa shape index (κ2) is 6.57. The average Bonchev–Trinajstić information content (AvgIpc) is 2.38. The molecule has 0 aliphatic heterocycles. The number of anilines is 1. The fraction of sp³-hybridized carbons (Fsp3) is 0.188. The van der Waals surface area contributed by atoms with Crippen molar-refractivity contribution in [2.24, 2.45) is 0 Å². The van der Waals surface area contributed by atoms with Crippen LogP contribution in [0.3, 0.4) is 0 Å². The normalized spacial score (nSPS) is 11.8. The molecule has 1 unspecified atom stereocenters. The highest BCUT2D eigenvalue weighted by Gasteiger charge is 2.14. The van der Waals surface area contributed by atoms with Crippen LogP contribution in [-0.2, 0) is 4.79 Å². The minimum absolute atomic E-state index is 0.171. The molecule has 0 bridgehead atoms. The van der Waals surface area contributed by atoms with E-state index in [1.54, 1.807) is 6.92 Å². The van der Waals surface area contributed by atoms with Crippen LogP contribution in [0.25, 0.3) is 0 Å². The van der Waals surface area contributed by atoms with Crippen molar-refractivity contribution >= 4 is 27.5 Å². The van der Waals surface area contributed by atoms with Gasteiger partial charge in [-0.05, 0) is 49.7 Å². The highest BCUT2D eigenvalue weighted by molar-refractivity contribution is 9.10. The number of hydrogen-bond acceptors (Lipinski definition) is 2. The number of carbonyl (C=O) groups excluding carboxylic acids is 1. The van der Waals surface area contributed by atoms with Gasteiger partial charge in [0, 0.05) is 10.2 Å². The summed E-state index contributed by atoms with van der Waals surface area (Å²) in [5.74, 6) is 0.488. The van der Waals surface area contributed by atoms with Gasteiger partial charge in [0.15, 0.2) is 6.10 Å². The third kappa shape index (κ3) is 4.10. The maximum Gasteiger partial charge on any atom is 0.265 e. The van der Waals surface area contributed by atoms with Crippen LogP contribution >= 0.6 is 15.9 Å².